The predicted octanol–water partition coefficient (Wildman–Crippen LogP) is 2.51. The number of carbonyl (C=O) groups excluding carboxylic acids is 1. The van der Waals surface area contributed by atoms with Gasteiger partial charge >= 0.3 is 0 Å². The highest BCUT2D eigenvalue weighted by Crippen LogP contribution is 2.18. The summed E-state index contributed by atoms with van der Waals surface area (Å²) in [5, 5.41) is 14.4. The maximum atomic E-state index is 12.0. The van der Waals surface area contributed by atoms with Crippen LogP contribution in [-0.4, -0.2) is 34.1 Å². The molecule has 0 bridgehead atoms. The van der Waals surface area contributed by atoms with Crippen LogP contribution in [0, 0.1) is 0 Å². The topological polar surface area (TPSA) is 92.9 Å². The maximum absolute atomic E-state index is 12.0. The zero-order valence-corrected chi connectivity index (χ0v) is 15.6. The van der Waals surface area contributed by atoms with Gasteiger partial charge in [0, 0.05) is 22.7 Å². The molecule has 1 atom stereocenters. The van der Waals surface area contributed by atoms with Gasteiger partial charge in [0.05, 0.1) is 18.5 Å². The van der Waals surface area contributed by atoms with Crippen molar-refractivity contribution in [1.82, 2.24) is 20.4 Å². The minimum Gasteiger partial charge on any atom is -0.339 e. The molecule has 3 aromatic rings. The molecule has 1 unspecified atom stereocenters. The third-order valence-electron chi connectivity index (χ3n) is 3.54. The van der Waals surface area contributed by atoms with Gasteiger partial charge in [-0.25, -0.2) is 4.98 Å². The molecule has 0 fully saturated rings. The van der Waals surface area contributed by atoms with Crippen molar-refractivity contribution in [1.29, 1.82) is 0 Å². The second kappa shape index (κ2) is 8.32. The van der Waals surface area contributed by atoms with E-state index in [-0.39, 0.29) is 11.9 Å². The van der Waals surface area contributed by atoms with E-state index in [2.05, 4.69) is 32.7 Å². The first-order chi connectivity index (χ1) is 12.1. The largest absolute Gasteiger partial charge is 0.339 e. The van der Waals surface area contributed by atoms with Gasteiger partial charge in [0.25, 0.3) is 0 Å². The summed E-state index contributed by atoms with van der Waals surface area (Å²) in [6.07, 6.45) is 1.53. The van der Waals surface area contributed by atoms with Crippen molar-refractivity contribution < 1.29 is 9.32 Å². The van der Waals surface area contributed by atoms with Crippen LogP contribution in [0.5, 0.6) is 0 Å². The zero-order valence-electron chi connectivity index (χ0n) is 14.0. The molecule has 132 valence electrons. The maximum Gasteiger partial charge on any atom is 0.232 e. The molecule has 25 heavy (non-hydrogen) atoms. The second-order valence-electron chi connectivity index (χ2n) is 5.62. The van der Waals surface area contributed by atoms with E-state index < -0.39 is 0 Å². The Morgan fingerprint density at radius 2 is 2.24 bits per heavy atom. The molecular weight excluding hydrogens is 358 g/mol. The Kier molecular flexibility index (Phi) is 5.90. The van der Waals surface area contributed by atoms with Gasteiger partial charge < -0.3 is 15.2 Å². The smallest absolute Gasteiger partial charge is 0.232 e. The molecule has 0 radical (unpaired) electrons. The normalized spacial score (nSPS) is 12.2. The third kappa shape index (κ3) is 5.18. The minimum absolute atomic E-state index is 0.0653. The molecule has 1 amide bonds. The van der Waals surface area contributed by atoms with Gasteiger partial charge in [-0.1, -0.05) is 11.2 Å². The first-order valence-electron chi connectivity index (χ1n) is 7.87. The van der Waals surface area contributed by atoms with E-state index in [0.717, 1.165) is 10.6 Å². The van der Waals surface area contributed by atoms with Gasteiger partial charge in [-0.2, -0.15) is 4.98 Å². The summed E-state index contributed by atoms with van der Waals surface area (Å²) in [5.41, 5.74) is 0.799. The van der Waals surface area contributed by atoms with Gasteiger partial charge in [0.2, 0.25) is 11.8 Å². The lowest BCUT2D eigenvalue weighted by Crippen LogP contribution is -2.24. The summed E-state index contributed by atoms with van der Waals surface area (Å²) in [5.74, 6) is 1.14. The van der Waals surface area contributed by atoms with Crippen molar-refractivity contribution >= 4 is 33.7 Å². The number of hydrogen-bond acceptors (Lipinski definition) is 8. The van der Waals surface area contributed by atoms with Gasteiger partial charge in [0.15, 0.2) is 11.0 Å². The standard InChI is InChI=1S/C16H19N5O2S2/c1-10(17-2)6-13-19-15(23-21-13)7-11-9-25-16(18-11)20-14(22)8-12-4-3-5-24-12/h3-5,9-10,17H,6-8H2,1-2H3,(H,18,20,22). The highest BCUT2D eigenvalue weighted by Gasteiger charge is 2.13. The van der Waals surface area contributed by atoms with Crippen LogP contribution in [0.4, 0.5) is 5.13 Å². The first kappa shape index (κ1) is 17.7. The Balaban J connectivity index is 1.54. The molecule has 0 aliphatic carbocycles. The number of amides is 1. The fraction of sp³-hybridized carbons (Fsp3) is 0.375. The molecule has 3 heterocycles. The van der Waals surface area contributed by atoms with Crippen LogP contribution in [-0.2, 0) is 24.1 Å². The number of rotatable bonds is 8. The third-order valence-corrected chi connectivity index (χ3v) is 5.22. The number of likely N-dealkylation sites (N-methyl/N-ethyl adjacent to an activating group) is 1. The molecule has 7 nitrogen and oxygen atoms in total. The average Bonchev–Trinajstić information content (AvgIpc) is 3.31. The summed E-state index contributed by atoms with van der Waals surface area (Å²) in [7, 11) is 1.90. The summed E-state index contributed by atoms with van der Waals surface area (Å²) in [6.45, 7) is 2.06. The Morgan fingerprint density at radius 3 is 3.00 bits per heavy atom. The van der Waals surface area contributed by atoms with Crippen LogP contribution in [0.15, 0.2) is 27.4 Å². The summed E-state index contributed by atoms with van der Waals surface area (Å²) < 4.78 is 5.26. The van der Waals surface area contributed by atoms with Gasteiger partial charge in [-0.15, -0.1) is 22.7 Å². The van der Waals surface area contributed by atoms with Crippen LogP contribution in [0.25, 0.3) is 0 Å². The Hall–Kier alpha value is -2.10. The number of hydrogen-bond donors (Lipinski definition) is 2. The molecule has 0 saturated carbocycles. The Morgan fingerprint density at radius 1 is 1.36 bits per heavy atom. The molecule has 0 spiro atoms. The van der Waals surface area contributed by atoms with Crippen molar-refractivity contribution in [2.24, 2.45) is 0 Å². The lowest BCUT2D eigenvalue weighted by atomic mass is 10.2. The van der Waals surface area contributed by atoms with Crippen molar-refractivity contribution in [2.75, 3.05) is 12.4 Å². The number of nitrogens with one attached hydrogen (secondary N) is 2. The van der Waals surface area contributed by atoms with E-state index in [9.17, 15) is 4.79 Å². The van der Waals surface area contributed by atoms with Crippen molar-refractivity contribution in [2.45, 2.75) is 32.2 Å². The van der Waals surface area contributed by atoms with Gasteiger partial charge in [-0.3, -0.25) is 4.79 Å². The highest BCUT2D eigenvalue weighted by molar-refractivity contribution is 7.14. The van der Waals surface area contributed by atoms with Crippen LogP contribution >= 0.6 is 22.7 Å². The van der Waals surface area contributed by atoms with Crippen LogP contribution in [0.2, 0.25) is 0 Å². The highest BCUT2D eigenvalue weighted by atomic mass is 32.1. The quantitative estimate of drug-likeness (QED) is 0.627. The van der Waals surface area contributed by atoms with Crippen molar-refractivity contribution in [3.63, 3.8) is 0 Å². The molecule has 3 rings (SSSR count). The fourth-order valence-electron chi connectivity index (χ4n) is 2.16. The lowest BCUT2D eigenvalue weighted by Gasteiger charge is -2.04. The Bertz CT molecular complexity index is 812. The van der Waals surface area contributed by atoms with E-state index >= 15 is 0 Å². The molecular formula is C16H19N5O2S2. The molecule has 2 N–H and O–H groups in total. The van der Waals surface area contributed by atoms with E-state index in [1.807, 2.05) is 29.9 Å². The van der Waals surface area contributed by atoms with E-state index in [1.54, 1.807) is 11.3 Å². The summed E-state index contributed by atoms with van der Waals surface area (Å²) in [6, 6.07) is 4.17. The van der Waals surface area contributed by atoms with Crippen molar-refractivity contribution in [3.8, 4) is 0 Å². The number of nitrogens with zero attached hydrogens (tertiary/aromatic N) is 3. The minimum atomic E-state index is -0.0653. The molecule has 0 aromatic carbocycles. The molecule has 0 saturated heterocycles. The molecule has 0 aliphatic rings. The van der Waals surface area contributed by atoms with Crippen LogP contribution in [0.1, 0.15) is 29.2 Å². The summed E-state index contributed by atoms with van der Waals surface area (Å²) >= 11 is 2.96. The van der Waals surface area contributed by atoms with E-state index in [4.69, 9.17) is 4.52 Å². The number of anilines is 1. The van der Waals surface area contributed by atoms with Crippen LogP contribution < -0.4 is 10.6 Å². The van der Waals surface area contributed by atoms with Crippen molar-refractivity contribution in [3.05, 3.63) is 45.2 Å². The number of thiazole rings is 1. The average molecular weight is 377 g/mol. The fourth-order valence-corrected chi connectivity index (χ4v) is 3.59. The predicted molar refractivity (Wildman–Crippen MR) is 98.1 cm³/mol. The molecule has 3 aromatic heterocycles. The number of thiophene rings is 1. The van der Waals surface area contributed by atoms with Gasteiger partial charge in [-0.05, 0) is 25.4 Å². The first-order valence-corrected chi connectivity index (χ1v) is 9.63. The molecule has 0 aliphatic heterocycles. The molecule has 9 heteroatoms. The monoisotopic (exact) mass is 377 g/mol. The van der Waals surface area contributed by atoms with Crippen LogP contribution in [0.3, 0.4) is 0 Å². The number of carbonyl (C=O) groups is 1. The SMILES string of the molecule is CNC(C)Cc1noc(Cc2csc(NC(=O)Cc3cccs3)n2)n1. The number of aromatic nitrogens is 3. The van der Waals surface area contributed by atoms with Gasteiger partial charge in [0.1, 0.15) is 0 Å². The van der Waals surface area contributed by atoms with E-state index in [1.165, 1.54) is 11.3 Å². The van der Waals surface area contributed by atoms with E-state index in [0.29, 0.717) is 36.1 Å². The zero-order chi connectivity index (χ0) is 17.6. The second-order valence-corrected chi connectivity index (χ2v) is 7.51. The Labute approximate surface area is 153 Å². The summed E-state index contributed by atoms with van der Waals surface area (Å²) in [4.78, 5) is 21.8. The lowest BCUT2D eigenvalue weighted by molar-refractivity contribution is -0.115.